The molecule has 1 N–H and O–H groups in total. The van der Waals surface area contributed by atoms with Gasteiger partial charge in [-0.05, 0) is 50.6 Å². The van der Waals surface area contributed by atoms with Crippen LogP contribution in [0, 0.1) is 11.6 Å². The minimum Gasteiger partial charge on any atom is -0.497 e. The van der Waals surface area contributed by atoms with Gasteiger partial charge in [-0.25, -0.2) is 8.78 Å². The van der Waals surface area contributed by atoms with E-state index in [1.165, 1.54) is 13.0 Å². The van der Waals surface area contributed by atoms with Crippen molar-refractivity contribution in [1.82, 2.24) is 5.32 Å². The topological polar surface area (TPSA) is 47.6 Å². The van der Waals surface area contributed by atoms with Crippen molar-refractivity contribution in [1.29, 1.82) is 0 Å². The number of hydrogen-bond donors (Lipinski definition) is 1. The fourth-order valence-electron chi connectivity index (χ4n) is 2.68. The number of benzene rings is 2. The van der Waals surface area contributed by atoms with Crippen LogP contribution in [-0.4, -0.2) is 19.1 Å². The van der Waals surface area contributed by atoms with Gasteiger partial charge in [0.05, 0.1) is 12.7 Å². The Balaban J connectivity index is 2.00. The second-order valence-electron chi connectivity index (χ2n) is 6.10. The highest BCUT2D eigenvalue weighted by atomic mass is 19.1. The van der Waals surface area contributed by atoms with Crippen molar-refractivity contribution in [2.45, 2.75) is 39.0 Å². The van der Waals surface area contributed by atoms with E-state index in [2.05, 4.69) is 5.32 Å². The van der Waals surface area contributed by atoms with Gasteiger partial charge in [0.25, 0.3) is 0 Å². The predicted octanol–water partition coefficient (Wildman–Crippen LogP) is 4.32. The van der Waals surface area contributed by atoms with Crippen LogP contribution in [-0.2, 0) is 9.53 Å². The fourth-order valence-corrected chi connectivity index (χ4v) is 2.68. The van der Waals surface area contributed by atoms with Crippen LogP contribution < -0.4 is 10.1 Å². The highest BCUT2D eigenvalue weighted by Crippen LogP contribution is 2.24. The monoisotopic (exact) mass is 363 g/mol. The van der Waals surface area contributed by atoms with Crippen molar-refractivity contribution in [2.24, 2.45) is 0 Å². The summed E-state index contributed by atoms with van der Waals surface area (Å²) in [5.74, 6) is -1.35. The lowest BCUT2D eigenvalue weighted by molar-refractivity contribution is -0.151. The number of nitrogens with one attached hydrogen (secondary N) is 1. The molecular formula is C20H23F2NO3. The van der Waals surface area contributed by atoms with Crippen LogP contribution in [0.1, 0.15) is 44.0 Å². The summed E-state index contributed by atoms with van der Waals surface area (Å²) < 4.78 is 38.0. The van der Waals surface area contributed by atoms with E-state index < -0.39 is 29.7 Å². The summed E-state index contributed by atoms with van der Waals surface area (Å²) in [5, 5.41) is 3.12. The van der Waals surface area contributed by atoms with Crippen molar-refractivity contribution in [3.8, 4) is 5.75 Å². The van der Waals surface area contributed by atoms with Crippen LogP contribution in [0.25, 0.3) is 0 Å². The van der Waals surface area contributed by atoms with Crippen LogP contribution >= 0.6 is 0 Å². The van der Waals surface area contributed by atoms with E-state index in [0.717, 1.165) is 23.4 Å². The maximum atomic E-state index is 13.8. The molecule has 0 aliphatic carbocycles. The molecule has 0 saturated carbocycles. The number of rotatable bonds is 7. The Hall–Kier alpha value is -2.47. The molecule has 0 fully saturated rings. The van der Waals surface area contributed by atoms with Crippen molar-refractivity contribution < 1.29 is 23.0 Å². The first kappa shape index (κ1) is 19.8. The van der Waals surface area contributed by atoms with E-state index >= 15 is 0 Å². The van der Waals surface area contributed by atoms with E-state index in [1.807, 2.05) is 31.2 Å². The number of esters is 1. The lowest BCUT2D eigenvalue weighted by Gasteiger charge is -2.22. The van der Waals surface area contributed by atoms with Crippen LogP contribution in [0.5, 0.6) is 5.75 Å². The highest BCUT2D eigenvalue weighted by molar-refractivity contribution is 5.75. The number of halogens is 2. The molecule has 3 atom stereocenters. The first-order valence-corrected chi connectivity index (χ1v) is 8.38. The van der Waals surface area contributed by atoms with Gasteiger partial charge in [-0.1, -0.05) is 18.2 Å². The molecule has 2 aromatic carbocycles. The second kappa shape index (κ2) is 8.76. The lowest BCUT2D eigenvalue weighted by Crippen LogP contribution is -2.37. The Morgan fingerprint density at radius 3 is 2.27 bits per heavy atom. The molecule has 26 heavy (non-hydrogen) atoms. The number of ether oxygens (including phenoxy) is 2. The number of carbonyl (C=O) groups excluding carboxylic acids is 1. The van der Waals surface area contributed by atoms with Crippen LogP contribution in [0.4, 0.5) is 8.78 Å². The van der Waals surface area contributed by atoms with E-state index in [0.29, 0.717) is 0 Å². The summed E-state index contributed by atoms with van der Waals surface area (Å²) in [5.41, 5.74) is 0.686. The zero-order valence-electron chi connectivity index (χ0n) is 15.3. The first-order valence-electron chi connectivity index (χ1n) is 8.38. The van der Waals surface area contributed by atoms with E-state index in [9.17, 15) is 13.6 Å². The Morgan fingerprint density at radius 1 is 1.04 bits per heavy atom. The van der Waals surface area contributed by atoms with Crippen molar-refractivity contribution in [3.63, 3.8) is 0 Å². The molecule has 2 rings (SSSR count). The van der Waals surface area contributed by atoms with Gasteiger partial charge in [0.2, 0.25) is 0 Å². The van der Waals surface area contributed by atoms with Gasteiger partial charge >= 0.3 is 5.97 Å². The molecule has 0 radical (unpaired) electrons. The van der Waals surface area contributed by atoms with E-state index in [1.54, 1.807) is 14.0 Å². The Kier molecular flexibility index (Phi) is 6.69. The van der Waals surface area contributed by atoms with Crippen molar-refractivity contribution in [2.75, 3.05) is 7.11 Å². The molecule has 140 valence electrons. The van der Waals surface area contributed by atoms with E-state index in [4.69, 9.17) is 9.47 Å². The van der Waals surface area contributed by atoms with Gasteiger partial charge < -0.3 is 9.47 Å². The van der Waals surface area contributed by atoms with Crippen molar-refractivity contribution >= 4 is 5.97 Å². The van der Waals surface area contributed by atoms with Crippen LogP contribution in [0.15, 0.2) is 42.5 Å². The average molecular weight is 363 g/mol. The molecule has 3 unspecified atom stereocenters. The third-order valence-electron chi connectivity index (χ3n) is 4.15. The van der Waals surface area contributed by atoms with Gasteiger partial charge in [0, 0.05) is 6.04 Å². The van der Waals surface area contributed by atoms with E-state index in [-0.39, 0.29) is 11.6 Å². The van der Waals surface area contributed by atoms with Crippen LogP contribution in [0.3, 0.4) is 0 Å². The largest absolute Gasteiger partial charge is 0.497 e. The number of carbonyl (C=O) groups is 1. The van der Waals surface area contributed by atoms with Gasteiger partial charge in [-0.15, -0.1) is 0 Å². The van der Waals surface area contributed by atoms with Crippen LogP contribution in [0.2, 0.25) is 0 Å². The Bertz CT molecular complexity index is 746. The van der Waals surface area contributed by atoms with Crippen molar-refractivity contribution in [3.05, 3.63) is 65.2 Å². The SMILES string of the molecule is COc1cccc(C(C)NC(C)C(=O)OC(C)c2c(F)cccc2F)c1. The summed E-state index contributed by atoms with van der Waals surface area (Å²) in [6.07, 6.45) is -1.03. The molecule has 0 aliphatic rings. The predicted molar refractivity (Wildman–Crippen MR) is 94.9 cm³/mol. The molecule has 0 amide bonds. The summed E-state index contributed by atoms with van der Waals surface area (Å²) >= 11 is 0. The Morgan fingerprint density at radius 2 is 1.65 bits per heavy atom. The molecule has 0 heterocycles. The molecule has 0 spiro atoms. The minimum atomic E-state index is -1.03. The molecule has 0 saturated heterocycles. The summed E-state index contributed by atoms with van der Waals surface area (Å²) in [6, 6.07) is 10.2. The summed E-state index contributed by atoms with van der Waals surface area (Å²) in [6.45, 7) is 4.99. The molecule has 2 aromatic rings. The Labute approximate surface area is 152 Å². The molecular weight excluding hydrogens is 340 g/mol. The molecule has 4 nitrogen and oxygen atoms in total. The molecule has 0 aromatic heterocycles. The number of hydrogen-bond acceptors (Lipinski definition) is 4. The lowest BCUT2D eigenvalue weighted by atomic mass is 10.1. The quantitative estimate of drug-likeness (QED) is 0.745. The van der Waals surface area contributed by atoms with Gasteiger partial charge in [-0.3, -0.25) is 10.1 Å². The third kappa shape index (κ3) is 4.79. The van der Waals surface area contributed by atoms with Gasteiger partial charge in [0.15, 0.2) is 0 Å². The third-order valence-corrected chi connectivity index (χ3v) is 4.15. The van der Waals surface area contributed by atoms with Gasteiger partial charge in [0.1, 0.15) is 29.5 Å². The zero-order chi connectivity index (χ0) is 19.3. The molecule has 0 aliphatic heterocycles. The smallest absolute Gasteiger partial charge is 0.323 e. The number of methoxy groups -OCH3 is 1. The molecule has 0 bridgehead atoms. The normalized spacial score (nSPS) is 14.4. The minimum absolute atomic E-state index is 0.145. The molecule has 6 heteroatoms. The highest BCUT2D eigenvalue weighted by Gasteiger charge is 2.24. The maximum absolute atomic E-state index is 13.8. The standard InChI is InChI=1S/C20H23F2NO3/c1-12(15-7-5-8-16(11-15)25-4)23-13(2)20(24)26-14(3)19-17(21)9-6-10-18(19)22/h5-14,23H,1-4H3. The zero-order valence-corrected chi connectivity index (χ0v) is 15.3. The average Bonchev–Trinajstić information content (AvgIpc) is 2.61. The second-order valence-corrected chi connectivity index (χ2v) is 6.10. The summed E-state index contributed by atoms with van der Waals surface area (Å²) in [7, 11) is 1.58. The summed E-state index contributed by atoms with van der Waals surface area (Å²) in [4.78, 5) is 12.3. The fraction of sp³-hybridized carbons (Fsp3) is 0.350. The maximum Gasteiger partial charge on any atom is 0.323 e. The van der Waals surface area contributed by atoms with Gasteiger partial charge in [-0.2, -0.15) is 0 Å². The first-order chi connectivity index (χ1) is 12.3.